The third kappa shape index (κ3) is 6.02. The number of ether oxygens (including phenoxy) is 2. The molecule has 0 bridgehead atoms. The average Bonchev–Trinajstić information content (AvgIpc) is 2.69. The summed E-state index contributed by atoms with van der Waals surface area (Å²) < 4.78 is 25.2. The highest BCUT2D eigenvalue weighted by Gasteiger charge is 2.35. The van der Waals surface area contributed by atoms with Gasteiger partial charge in [0.05, 0.1) is 19.1 Å². The molecule has 0 radical (unpaired) electrons. The number of allylic oxidation sites excluding steroid dienone is 4. The molecule has 2 unspecified atom stereocenters. The van der Waals surface area contributed by atoms with Crippen LogP contribution in [0.1, 0.15) is 57.9 Å². The largest absolute Gasteiger partial charge is 0.465 e. The van der Waals surface area contributed by atoms with Crippen molar-refractivity contribution in [2.45, 2.75) is 52.4 Å². The minimum atomic E-state index is -0.986. The lowest BCUT2D eigenvalue weighted by Gasteiger charge is -2.33. The standard InChI is InChI=1S/C24H31FO4/c1-4-14-24(16-13-20(22(26)28-5-2)23(27)29-6-3)15-12-19(21(25)17-24)18-10-8-7-9-11-18/h7-12,15,17,19-20H,4-6,13-14,16H2,1-3H3. The fourth-order valence-corrected chi connectivity index (χ4v) is 3.86. The van der Waals surface area contributed by atoms with Crippen molar-refractivity contribution in [1.82, 2.24) is 0 Å². The summed E-state index contributed by atoms with van der Waals surface area (Å²) in [6.07, 6.45) is 7.90. The van der Waals surface area contributed by atoms with Crippen molar-refractivity contribution >= 4 is 11.9 Å². The highest BCUT2D eigenvalue weighted by molar-refractivity contribution is 5.94. The van der Waals surface area contributed by atoms with Crippen LogP contribution in [0.2, 0.25) is 0 Å². The number of carbonyl (C=O) groups is 2. The van der Waals surface area contributed by atoms with Crippen molar-refractivity contribution in [2.75, 3.05) is 13.2 Å². The molecule has 1 aromatic carbocycles. The van der Waals surface area contributed by atoms with E-state index in [4.69, 9.17) is 9.47 Å². The second kappa shape index (κ2) is 10.9. The molecule has 0 aromatic heterocycles. The number of hydrogen-bond donors (Lipinski definition) is 0. The van der Waals surface area contributed by atoms with Crippen molar-refractivity contribution in [3.8, 4) is 0 Å². The van der Waals surface area contributed by atoms with E-state index in [0.29, 0.717) is 6.42 Å². The molecule has 2 rings (SSSR count). The van der Waals surface area contributed by atoms with Crippen LogP contribution in [0.5, 0.6) is 0 Å². The highest BCUT2D eigenvalue weighted by atomic mass is 19.1. The summed E-state index contributed by atoms with van der Waals surface area (Å²) in [5, 5.41) is 0. The lowest BCUT2D eigenvalue weighted by molar-refractivity contribution is -0.162. The van der Waals surface area contributed by atoms with Crippen LogP contribution >= 0.6 is 0 Å². The molecule has 0 saturated heterocycles. The maximum absolute atomic E-state index is 15.1. The summed E-state index contributed by atoms with van der Waals surface area (Å²) in [6, 6.07) is 9.52. The quantitative estimate of drug-likeness (QED) is 0.294. The highest BCUT2D eigenvalue weighted by Crippen LogP contribution is 2.43. The van der Waals surface area contributed by atoms with Gasteiger partial charge in [0, 0.05) is 5.41 Å². The van der Waals surface area contributed by atoms with Gasteiger partial charge >= 0.3 is 11.9 Å². The Hall–Kier alpha value is -2.43. The van der Waals surface area contributed by atoms with Crippen molar-refractivity contribution in [3.63, 3.8) is 0 Å². The molecule has 4 nitrogen and oxygen atoms in total. The van der Waals surface area contributed by atoms with E-state index in [1.165, 1.54) is 0 Å². The van der Waals surface area contributed by atoms with Crippen molar-refractivity contribution in [3.05, 3.63) is 60.0 Å². The second-order valence-electron chi connectivity index (χ2n) is 7.36. The third-order valence-electron chi connectivity index (χ3n) is 5.26. The number of esters is 2. The van der Waals surface area contributed by atoms with Crippen molar-refractivity contribution in [1.29, 1.82) is 0 Å². The molecule has 1 aliphatic carbocycles. The van der Waals surface area contributed by atoms with Crippen LogP contribution < -0.4 is 0 Å². The van der Waals surface area contributed by atoms with Gasteiger partial charge in [0.1, 0.15) is 5.83 Å². The molecule has 1 aromatic rings. The molecule has 0 fully saturated rings. The molecule has 29 heavy (non-hydrogen) atoms. The molecule has 0 spiro atoms. The fraction of sp³-hybridized carbons (Fsp3) is 0.500. The predicted molar refractivity (Wildman–Crippen MR) is 111 cm³/mol. The lowest BCUT2D eigenvalue weighted by atomic mass is 9.72. The zero-order chi connectivity index (χ0) is 21.3. The normalized spacial score (nSPS) is 21.0. The molecular weight excluding hydrogens is 371 g/mol. The summed E-state index contributed by atoms with van der Waals surface area (Å²) in [5.74, 6) is -2.74. The van der Waals surface area contributed by atoms with Crippen LogP contribution in [0.15, 0.2) is 54.4 Å². The van der Waals surface area contributed by atoms with Gasteiger partial charge in [0.25, 0.3) is 0 Å². The molecule has 158 valence electrons. The molecule has 0 amide bonds. The minimum Gasteiger partial charge on any atom is -0.465 e. The zero-order valence-corrected chi connectivity index (χ0v) is 17.5. The number of halogens is 1. The van der Waals surface area contributed by atoms with Gasteiger partial charge in [0.15, 0.2) is 5.92 Å². The molecule has 0 N–H and O–H groups in total. The fourth-order valence-electron chi connectivity index (χ4n) is 3.86. The van der Waals surface area contributed by atoms with Crippen LogP contribution in [0.3, 0.4) is 0 Å². The Bertz CT molecular complexity index is 723. The minimum absolute atomic E-state index is 0.196. The molecule has 1 aliphatic rings. The van der Waals surface area contributed by atoms with Gasteiger partial charge in [-0.15, -0.1) is 0 Å². The number of carbonyl (C=O) groups excluding carboxylic acids is 2. The topological polar surface area (TPSA) is 52.6 Å². The summed E-state index contributed by atoms with van der Waals surface area (Å²) >= 11 is 0. The van der Waals surface area contributed by atoms with E-state index in [0.717, 1.165) is 18.4 Å². The third-order valence-corrected chi connectivity index (χ3v) is 5.26. The van der Waals surface area contributed by atoms with E-state index in [2.05, 4.69) is 0 Å². The van der Waals surface area contributed by atoms with Crippen LogP contribution in [0, 0.1) is 11.3 Å². The Labute approximate surface area is 172 Å². The van der Waals surface area contributed by atoms with Gasteiger partial charge in [-0.25, -0.2) is 4.39 Å². The molecular formula is C24H31FO4. The Morgan fingerprint density at radius 1 is 1.03 bits per heavy atom. The first-order valence-corrected chi connectivity index (χ1v) is 10.4. The molecule has 0 heterocycles. The predicted octanol–water partition coefficient (Wildman–Crippen LogP) is 5.50. The van der Waals surface area contributed by atoms with Gasteiger partial charge in [-0.05, 0) is 44.7 Å². The SMILES string of the molecule is CCCC1(CCC(C(=O)OCC)C(=O)OCC)C=CC(c2ccccc2)C(F)=C1. The second-order valence-corrected chi connectivity index (χ2v) is 7.36. The molecule has 5 heteroatoms. The summed E-state index contributed by atoms with van der Waals surface area (Å²) in [7, 11) is 0. The Balaban J connectivity index is 2.20. The first kappa shape index (κ1) is 22.9. The van der Waals surface area contributed by atoms with Crippen LogP contribution in [-0.4, -0.2) is 25.2 Å². The number of benzene rings is 1. The Morgan fingerprint density at radius 2 is 1.66 bits per heavy atom. The molecule has 2 atom stereocenters. The van der Waals surface area contributed by atoms with Gasteiger partial charge in [0.2, 0.25) is 0 Å². The first-order valence-electron chi connectivity index (χ1n) is 10.4. The Morgan fingerprint density at radius 3 is 2.17 bits per heavy atom. The van der Waals surface area contributed by atoms with Crippen LogP contribution in [0.25, 0.3) is 0 Å². The van der Waals surface area contributed by atoms with Crippen LogP contribution in [-0.2, 0) is 19.1 Å². The van der Waals surface area contributed by atoms with E-state index in [-0.39, 0.29) is 25.5 Å². The van der Waals surface area contributed by atoms with Gasteiger partial charge in [-0.1, -0.05) is 55.8 Å². The van der Waals surface area contributed by atoms with Gasteiger partial charge < -0.3 is 9.47 Å². The maximum Gasteiger partial charge on any atom is 0.320 e. The van der Waals surface area contributed by atoms with Gasteiger partial charge in [-0.2, -0.15) is 0 Å². The summed E-state index contributed by atoms with van der Waals surface area (Å²) in [5.41, 5.74) is 0.375. The van der Waals surface area contributed by atoms with E-state index in [1.54, 1.807) is 19.9 Å². The average molecular weight is 403 g/mol. The van der Waals surface area contributed by atoms with Gasteiger partial charge in [-0.3, -0.25) is 9.59 Å². The van der Waals surface area contributed by atoms with Crippen molar-refractivity contribution in [2.24, 2.45) is 11.3 Å². The maximum atomic E-state index is 15.1. The van der Waals surface area contributed by atoms with Crippen LogP contribution in [0.4, 0.5) is 4.39 Å². The molecule has 0 aliphatic heterocycles. The molecule has 0 saturated carbocycles. The summed E-state index contributed by atoms with van der Waals surface area (Å²) in [6.45, 7) is 5.83. The first-order chi connectivity index (χ1) is 14.0. The van der Waals surface area contributed by atoms with E-state index in [1.807, 2.05) is 49.4 Å². The van der Waals surface area contributed by atoms with E-state index in [9.17, 15) is 9.59 Å². The Kier molecular flexibility index (Phi) is 8.62. The smallest absolute Gasteiger partial charge is 0.320 e. The zero-order valence-electron chi connectivity index (χ0n) is 17.5. The lowest BCUT2D eigenvalue weighted by Crippen LogP contribution is -2.30. The van der Waals surface area contributed by atoms with Crippen molar-refractivity contribution < 1.29 is 23.5 Å². The number of rotatable bonds is 10. The number of hydrogen-bond acceptors (Lipinski definition) is 4. The van der Waals surface area contributed by atoms with E-state index >= 15 is 4.39 Å². The van der Waals surface area contributed by atoms with E-state index < -0.39 is 29.2 Å². The summed E-state index contributed by atoms with van der Waals surface area (Å²) in [4.78, 5) is 24.5. The monoisotopic (exact) mass is 402 g/mol.